The van der Waals surface area contributed by atoms with Gasteiger partial charge in [-0.05, 0) is 73.2 Å². The molecule has 2 aromatic carbocycles. The number of aryl methyl sites for hydroxylation is 3. The summed E-state index contributed by atoms with van der Waals surface area (Å²) in [4.78, 5) is 12.2. The molecule has 208 valence electrons. The summed E-state index contributed by atoms with van der Waals surface area (Å²) in [6.45, 7) is 10.8. The van der Waals surface area contributed by atoms with Crippen LogP contribution < -0.4 is 22.0 Å². The van der Waals surface area contributed by atoms with E-state index >= 15 is 0 Å². The van der Waals surface area contributed by atoms with Gasteiger partial charge in [0.15, 0.2) is 11.5 Å². The van der Waals surface area contributed by atoms with E-state index in [0.717, 1.165) is 90.5 Å². The number of ether oxygens (including phenoxy) is 1. The van der Waals surface area contributed by atoms with Crippen molar-refractivity contribution in [2.24, 2.45) is 22.1 Å². The molecule has 2 saturated heterocycles. The van der Waals surface area contributed by atoms with Gasteiger partial charge in [-0.1, -0.05) is 31.2 Å². The summed E-state index contributed by atoms with van der Waals surface area (Å²) in [5.41, 5.74) is 18.4. The minimum Gasteiger partial charge on any atom is -0.382 e. The number of nitrogens with one attached hydrogen (secondary N) is 1. The molecule has 40 heavy (non-hydrogen) atoms. The summed E-state index contributed by atoms with van der Waals surface area (Å²) >= 11 is 0. The molecule has 2 aliphatic heterocycles. The lowest BCUT2D eigenvalue weighted by atomic mass is 9.87. The van der Waals surface area contributed by atoms with E-state index in [9.17, 15) is 0 Å². The summed E-state index contributed by atoms with van der Waals surface area (Å²) < 4.78 is 7.99. The minimum atomic E-state index is 0.283. The molecule has 0 bridgehead atoms. The molecule has 0 aliphatic carbocycles. The van der Waals surface area contributed by atoms with Crippen molar-refractivity contribution in [3.8, 4) is 11.1 Å². The van der Waals surface area contributed by atoms with Gasteiger partial charge in [-0.15, -0.1) is 5.10 Å². The molecular weight excluding hydrogens is 500 g/mol. The lowest BCUT2D eigenvalue weighted by Gasteiger charge is -2.24. The topological polar surface area (TPSA) is 120 Å². The molecule has 0 radical (unpaired) electrons. The van der Waals surface area contributed by atoms with Crippen LogP contribution in [0.5, 0.6) is 0 Å². The monoisotopic (exact) mass is 538 g/mol. The van der Waals surface area contributed by atoms with Crippen molar-refractivity contribution in [1.82, 2.24) is 20.1 Å². The Morgan fingerprint density at radius 3 is 2.65 bits per heavy atom. The molecule has 2 fully saturated rings. The second kappa shape index (κ2) is 10.6. The highest BCUT2D eigenvalue weighted by Gasteiger charge is 2.41. The van der Waals surface area contributed by atoms with Crippen LogP contribution in [0.15, 0.2) is 53.6 Å². The first-order valence-electron chi connectivity index (χ1n) is 14.1. The van der Waals surface area contributed by atoms with Crippen molar-refractivity contribution in [2.45, 2.75) is 46.6 Å². The lowest BCUT2D eigenvalue weighted by Crippen LogP contribution is -2.27. The number of hydrogen-bond donors (Lipinski definition) is 3. The van der Waals surface area contributed by atoms with Crippen molar-refractivity contribution < 1.29 is 4.74 Å². The number of rotatable bonds is 7. The fourth-order valence-electron chi connectivity index (χ4n) is 6.30. The Morgan fingerprint density at radius 1 is 1.10 bits per heavy atom. The Hall–Kier alpha value is -3.95. The average Bonchev–Trinajstić information content (AvgIpc) is 3.69. The Kier molecular flexibility index (Phi) is 6.93. The average molecular weight is 539 g/mol. The zero-order valence-electron chi connectivity index (χ0n) is 23.6. The second-order valence-electron chi connectivity index (χ2n) is 11.2. The highest BCUT2D eigenvalue weighted by atomic mass is 16.5. The van der Waals surface area contributed by atoms with E-state index in [1.165, 1.54) is 11.3 Å². The molecule has 4 aromatic rings. The maximum absolute atomic E-state index is 6.33. The third-order valence-corrected chi connectivity index (χ3v) is 8.48. The van der Waals surface area contributed by atoms with Crippen LogP contribution in [0.25, 0.3) is 22.3 Å². The quantitative estimate of drug-likeness (QED) is 0.141. The fourth-order valence-corrected chi connectivity index (χ4v) is 6.30. The van der Waals surface area contributed by atoms with E-state index in [-0.39, 0.29) is 5.41 Å². The normalized spacial score (nSPS) is 19.3. The van der Waals surface area contributed by atoms with E-state index in [0.29, 0.717) is 12.4 Å². The summed E-state index contributed by atoms with van der Waals surface area (Å²) in [6, 6.07) is 17.2. The first-order valence-corrected chi connectivity index (χ1v) is 14.1. The molecule has 9 nitrogen and oxygen atoms in total. The van der Waals surface area contributed by atoms with Crippen molar-refractivity contribution in [2.75, 3.05) is 31.2 Å². The second-order valence-corrected chi connectivity index (χ2v) is 11.2. The van der Waals surface area contributed by atoms with E-state index in [4.69, 9.17) is 26.3 Å². The number of nitrogens with zero attached hydrogens (tertiary/aromatic N) is 5. The maximum atomic E-state index is 6.33. The van der Waals surface area contributed by atoms with Crippen molar-refractivity contribution >= 4 is 22.7 Å². The van der Waals surface area contributed by atoms with Gasteiger partial charge in [-0.2, -0.15) is 0 Å². The van der Waals surface area contributed by atoms with Crippen LogP contribution in [0.3, 0.4) is 0 Å². The number of hydrazone groups is 1. The van der Waals surface area contributed by atoms with Crippen LogP contribution in [0, 0.1) is 19.3 Å². The van der Waals surface area contributed by atoms with Crippen molar-refractivity contribution in [1.29, 1.82) is 0 Å². The molecule has 2 aromatic heterocycles. The first kappa shape index (κ1) is 26.3. The van der Waals surface area contributed by atoms with Crippen LogP contribution in [-0.2, 0) is 17.7 Å². The number of benzene rings is 2. The summed E-state index contributed by atoms with van der Waals surface area (Å²) in [7, 11) is 0. The molecule has 0 saturated carbocycles. The Morgan fingerprint density at radius 2 is 1.93 bits per heavy atom. The highest BCUT2D eigenvalue weighted by Crippen LogP contribution is 2.41. The van der Waals surface area contributed by atoms with Crippen LogP contribution in [0.2, 0.25) is 0 Å². The van der Waals surface area contributed by atoms with Crippen LogP contribution in [0.4, 0.5) is 5.69 Å². The van der Waals surface area contributed by atoms with Crippen molar-refractivity contribution in [3.05, 3.63) is 76.7 Å². The molecule has 4 heterocycles. The Labute approximate surface area is 235 Å². The van der Waals surface area contributed by atoms with E-state index in [1.54, 1.807) is 0 Å². The van der Waals surface area contributed by atoms with Gasteiger partial charge in [0.2, 0.25) is 0 Å². The number of hydrazine groups is 1. The molecule has 5 N–H and O–H groups in total. The van der Waals surface area contributed by atoms with Gasteiger partial charge in [-0.25, -0.2) is 21.3 Å². The number of anilines is 1. The van der Waals surface area contributed by atoms with E-state index < -0.39 is 0 Å². The molecule has 1 unspecified atom stereocenters. The number of nitrogens with two attached hydrogens (primary N) is 2. The van der Waals surface area contributed by atoms with Gasteiger partial charge in [0.1, 0.15) is 11.3 Å². The summed E-state index contributed by atoms with van der Waals surface area (Å²) in [6.07, 6.45) is 3.15. The van der Waals surface area contributed by atoms with Crippen molar-refractivity contribution in [3.63, 3.8) is 0 Å². The van der Waals surface area contributed by atoms with Gasteiger partial charge in [0, 0.05) is 48.5 Å². The number of imidazole rings is 1. The third-order valence-electron chi connectivity index (χ3n) is 8.48. The van der Waals surface area contributed by atoms with E-state index in [2.05, 4.69) is 76.4 Å². The van der Waals surface area contributed by atoms with Crippen LogP contribution in [0.1, 0.15) is 48.0 Å². The predicted molar refractivity (Wildman–Crippen MR) is 160 cm³/mol. The molecule has 2 aliphatic rings. The SMILES string of the molecule is CCc1nc2c(C)cc(C)nc2n1Cc1ccc(-c2cc(N3CCC4(CCOC4)C3)ccc2/C(N)=N/NN)cc1. The minimum absolute atomic E-state index is 0.283. The third kappa shape index (κ3) is 4.80. The Bertz CT molecular complexity index is 1570. The zero-order valence-corrected chi connectivity index (χ0v) is 23.6. The number of hydrogen-bond acceptors (Lipinski definition) is 7. The predicted octanol–water partition coefficient (Wildman–Crippen LogP) is 4.03. The van der Waals surface area contributed by atoms with Gasteiger partial charge in [0.05, 0.1) is 13.2 Å². The molecule has 0 amide bonds. The molecule has 1 atom stereocenters. The van der Waals surface area contributed by atoms with Gasteiger partial charge in [0.25, 0.3) is 0 Å². The largest absolute Gasteiger partial charge is 0.382 e. The number of amidine groups is 1. The van der Waals surface area contributed by atoms with Gasteiger partial charge >= 0.3 is 0 Å². The standard InChI is InChI=1S/C31H38N8O/c1-4-27-35-28-20(2)15-21(3)34-30(28)39(27)17-22-5-7-23(8-6-22)26-16-24(9-10-25(26)29(32)36-37-33)38-13-11-31(18-38)12-14-40-19-31/h5-10,15-16,37H,4,11-14,17-19,33H2,1-3H3,(H2,32,36). The molecule has 6 rings (SSSR count). The number of fused-ring (bicyclic) bond motifs is 1. The Balaban J connectivity index is 1.33. The van der Waals surface area contributed by atoms with Gasteiger partial charge < -0.3 is 19.9 Å². The molecule has 9 heteroatoms. The fraction of sp³-hybridized carbons (Fsp3) is 0.387. The number of pyridine rings is 1. The molecular formula is C31H38N8O. The van der Waals surface area contributed by atoms with Crippen LogP contribution in [-0.4, -0.2) is 46.7 Å². The smallest absolute Gasteiger partial charge is 0.160 e. The summed E-state index contributed by atoms with van der Waals surface area (Å²) in [5.74, 6) is 6.86. The first-order chi connectivity index (χ1) is 19.4. The van der Waals surface area contributed by atoms with Crippen LogP contribution >= 0.6 is 0 Å². The zero-order chi connectivity index (χ0) is 27.9. The molecule has 1 spiro atoms. The summed E-state index contributed by atoms with van der Waals surface area (Å²) in [5, 5.41) is 4.07. The van der Waals surface area contributed by atoms with Gasteiger partial charge in [-0.3, -0.25) is 0 Å². The highest BCUT2D eigenvalue weighted by molar-refractivity contribution is 6.04. The van der Waals surface area contributed by atoms with E-state index in [1.807, 2.05) is 13.0 Å². The maximum Gasteiger partial charge on any atom is 0.160 e. The number of aromatic nitrogens is 3. The lowest BCUT2D eigenvalue weighted by molar-refractivity contribution is 0.160.